The molecule has 21 heavy (non-hydrogen) atoms. The monoisotopic (exact) mass is 352 g/mol. The van der Waals surface area contributed by atoms with Gasteiger partial charge in [-0.1, -0.05) is 12.1 Å². The number of aryl methyl sites for hydroxylation is 1. The van der Waals surface area contributed by atoms with Crippen LogP contribution in [0.25, 0.3) is 0 Å². The quantitative estimate of drug-likeness (QED) is 0.637. The average Bonchev–Trinajstić information content (AvgIpc) is 2.45. The summed E-state index contributed by atoms with van der Waals surface area (Å²) in [5.41, 5.74) is 5.78. The molecule has 0 bridgehead atoms. The Bertz CT molecular complexity index is 634. The van der Waals surface area contributed by atoms with E-state index in [9.17, 15) is 4.39 Å². The fourth-order valence-corrected chi connectivity index (χ4v) is 2.95. The number of hydrazine groups is 1. The molecule has 2 aromatic rings. The molecule has 0 aliphatic rings. The normalized spacial score (nSPS) is 12.2. The summed E-state index contributed by atoms with van der Waals surface area (Å²) in [6.07, 6.45) is 0.700. The number of methoxy groups -OCH3 is 1. The second-order valence-electron chi connectivity index (χ2n) is 4.89. The van der Waals surface area contributed by atoms with E-state index < -0.39 is 0 Å². The van der Waals surface area contributed by atoms with E-state index in [2.05, 4.69) is 21.4 Å². The van der Waals surface area contributed by atoms with Crippen LogP contribution >= 0.6 is 15.9 Å². The minimum Gasteiger partial charge on any atom is -0.496 e. The highest BCUT2D eigenvalue weighted by atomic mass is 79.9. The van der Waals surface area contributed by atoms with Gasteiger partial charge in [-0.2, -0.15) is 0 Å². The van der Waals surface area contributed by atoms with Gasteiger partial charge >= 0.3 is 0 Å². The van der Waals surface area contributed by atoms with E-state index in [1.54, 1.807) is 13.2 Å². The van der Waals surface area contributed by atoms with Crippen molar-refractivity contribution in [2.45, 2.75) is 19.4 Å². The first-order valence-electron chi connectivity index (χ1n) is 6.59. The maximum atomic E-state index is 13.2. The molecule has 2 rings (SSSR count). The van der Waals surface area contributed by atoms with Crippen LogP contribution in [0.3, 0.4) is 0 Å². The molecule has 3 N–H and O–H groups in total. The highest BCUT2D eigenvalue weighted by molar-refractivity contribution is 9.10. The van der Waals surface area contributed by atoms with Crippen molar-refractivity contribution in [1.29, 1.82) is 0 Å². The summed E-state index contributed by atoms with van der Waals surface area (Å²) in [4.78, 5) is 0. The molecule has 5 heteroatoms. The lowest BCUT2D eigenvalue weighted by Crippen LogP contribution is -2.30. The van der Waals surface area contributed by atoms with E-state index in [-0.39, 0.29) is 11.9 Å². The van der Waals surface area contributed by atoms with Gasteiger partial charge in [-0.05, 0) is 70.2 Å². The minimum atomic E-state index is -0.237. The van der Waals surface area contributed by atoms with Crippen LogP contribution in [-0.4, -0.2) is 7.11 Å². The molecule has 2 aromatic carbocycles. The van der Waals surface area contributed by atoms with Crippen molar-refractivity contribution in [2.75, 3.05) is 7.11 Å². The van der Waals surface area contributed by atoms with Gasteiger partial charge in [0.2, 0.25) is 0 Å². The number of nitrogens with one attached hydrogen (secondary N) is 1. The number of rotatable bonds is 5. The predicted molar refractivity (Wildman–Crippen MR) is 85.6 cm³/mol. The first-order chi connectivity index (χ1) is 10.0. The largest absolute Gasteiger partial charge is 0.496 e. The molecular weight excluding hydrogens is 335 g/mol. The van der Waals surface area contributed by atoms with Crippen LogP contribution in [0.4, 0.5) is 4.39 Å². The van der Waals surface area contributed by atoms with Crippen molar-refractivity contribution in [3.63, 3.8) is 0 Å². The fourth-order valence-electron chi connectivity index (χ4n) is 2.36. The summed E-state index contributed by atoms with van der Waals surface area (Å²) >= 11 is 3.47. The molecule has 0 saturated heterocycles. The summed E-state index contributed by atoms with van der Waals surface area (Å²) < 4.78 is 19.3. The van der Waals surface area contributed by atoms with Gasteiger partial charge in [0.25, 0.3) is 0 Å². The van der Waals surface area contributed by atoms with Gasteiger partial charge in [0.15, 0.2) is 0 Å². The Kier molecular flexibility index (Phi) is 5.33. The molecule has 0 aliphatic carbocycles. The maximum Gasteiger partial charge on any atom is 0.133 e. The zero-order valence-electron chi connectivity index (χ0n) is 12.0. The molecule has 0 spiro atoms. The minimum absolute atomic E-state index is 0.0779. The van der Waals surface area contributed by atoms with Crippen molar-refractivity contribution < 1.29 is 9.13 Å². The lowest BCUT2D eigenvalue weighted by atomic mass is 9.96. The predicted octanol–water partition coefficient (Wildman–Crippen LogP) is 3.65. The fraction of sp³-hybridized carbons (Fsp3) is 0.250. The van der Waals surface area contributed by atoms with Crippen LogP contribution in [0.2, 0.25) is 0 Å². The van der Waals surface area contributed by atoms with Crippen molar-refractivity contribution in [3.05, 3.63) is 63.4 Å². The third kappa shape index (κ3) is 3.81. The van der Waals surface area contributed by atoms with Crippen LogP contribution in [-0.2, 0) is 6.42 Å². The van der Waals surface area contributed by atoms with E-state index in [1.165, 1.54) is 12.1 Å². The van der Waals surface area contributed by atoms with E-state index in [0.717, 1.165) is 26.9 Å². The van der Waals surface area contributed by atoms with Gasteiger partial charge in [0.1, 0.15) is 11.6 Å². The number of hydrogen-bond donors (Lipinski definition) is 2. The molecule has 0 saturated carbocycles. The summed E-state index contributed by atoms with van der Waals surface area (Å²) in [5.74, 6) is 6.22. The van der Waals surface area contributed by atoms with Gasteiger partial charge in [0.05, 0.1) is 17.6 Å². The third-order valence-electron chi connectivity index (χ3n) is 3.46. The highest BCUT2D eigenvalue weighted by Gasteiger charge is 2.14. The molecule has 0 fully saturated rings. The van der Waals surface area contributed by atoms with Gasteiger partial charge in [-0.25, -0.2) is 4.39 Å². The molecule has 0 aromatic heterocycles. The summed E-state index contributed by atoms with van der Waals surface area (Å²) in [6, 6.07) is 10.6. The molecule has 112 valence electrons. The molecule has 1 atom stereocenters. The van der Waals surface area contributed by atoms with Gasteiger partial charge < -0.3 is 4.74 Å². The highest BCUT2D eigenvalue weighted by Crippen LogP contribution is 2.28. The SMILES string of the molecule is COc1ccc(CC(NN)c2ccc(F)cc2C)cc1Br. The van der Waals surface area contributed by atoms with Gasteiger partial charge in [-0.3, -0.25) is 11.3 Å². The molecule has 1 unspecified atom stereocenters. The lowest BCUT2D eigenvalue weighted by Gasteiger charge is -2.19. The van der Waals surface area contributed by atoms with Gasteiger partial charge in [-0.15, -0.1) is 0 Å². The molecule has 0 aliphatic heterocycles. The van der Waals surface area contributed by atoms with Crippen LogP contribution in [0, 0.1) is 12.7 Å². The average molecular weight is 353 g/mol. The topological polar surface area (TPSA) is 47.3 Å². The van der Waals surface area contributed by atoms with Crippen LogP contribution in [0.5, 0.6) is 5.75 Å². The number of nitrogens with two attached hydrogens (primary N) is 1. The first-order valence-corrected chi connectivity index (χ1v) is 7.39. The van der Waals surface area contributed by atoms with E-state index in [4.69, 9.17) is 10.6 Å². The van der Waals surface area contributed by atoms with Crippen molar-refractivity contribution >= 4 is 15.9 Å². The number of hydrogen-bond acceptors (Lipinski definition) is 3. The Morgan fingerprint density at radius 3 is 2.62 bits per heavy atom. The second kappa shape index (κ2) is 7.02. The Morgan fingerprint density at radius 1 is 1.29 bits per heavy atom. The van der Waals surface area contributed by atoms with E-state index in [1.807, 2.05) is 25.1 Å². The Balaban J connectivity index is 2.24. The second-order valence-corrected chi connectivity index (χ2v) is 5.75. The maximum absolute atomic E-state index is 13.2. The van der Waals surface area contributed by atoms with Crippen molar-refractivity contribution in [2.24, 2.45) is 5.84 Å². The Hall–Kier alpha value is -1.43. The molecule has 0 amide bonds. The Morgan fingerprint density at radius 2 is 2.05 bits per heavy atom. The van der Waals surface area contributed by atoms with Crippen LogP contribution in [0.15, 0.2) is 40.9 Å². The Labute approximate surface area is 132 Å². The number of ether oxygens (including phenoxy) is 1. The molecular formula is C16H18BrFN2O. The zero-order valence-corrected chi connectivity index (χ0v) is 13.6. The number of benzene rings is 2. The van der Waals surface area contributed by atoms with Crippen molar-refractivity contribution in [3.8, 4) is 5.75 Å². The van der Waals surface area contributed by atoms with E-state index >= 15 is 0 Å². The lowest BCUT2D eigenvalue weighted by molar-refractivity contribution is 0.412. The van der Waals surface area contributed by atoms with E-state index in [0.29, 0.717) is 6.42 Å². The summed E-state index contributed by atoms with van der Waals surface area (Å²) in [5, 5.41) is 0. The zero-order chi connectivity index (χ0) is 15.4. The molecule has 0 radical (unpaired) electrons. The van der Waals surface area contributed by atoms with Crippen LogP contribution < -0.4 is 16.0 Å². The van der Waals surface area contributed by atoms with Crippen molar-refractivity contribution in [1.82, 2.24) is 5.43 Å². The van der Waals surface area contributed by atoms with Crippen LogP contribution in [0.1, 0.15) is 22.7 Å². The first kappa shape index (κ1) is 15.9. The molecule has 0 heterocycles. The summed E-state index contributed by atoms with van der Waals surface area (Å²) in [7, 11) is 1.63. The standard InChI is InChI=1S/C16H18BrFN2O/c1-10-7-12(18)4-5-13(10)15(20-19)9-11-3-6-16(21-2)14(17)8-11/h3-8,15,20H,9,19H2,1-2H3. The molecule has 3 nitrogen and oxygen atoms in total. The van der Waals surface area contributed by atoms with Gasteiger partial charge in [0, 0.05) is 0 Å². The summed E-state index contributed by atoms with van der Waals surface area (Å²) in [6.45, 7) is 1.88. The smallest absolute Gasteiger partial charge is 0.133 e. The number of halogens is 2. The third-order valence-corrected chi connectivity index (χ3v) is 4.08.